The summed E-state index contributed by atoms with van der Waals surface area (Å²) in [6, 6.07) is 0. The molecule has 0 aliphatic rings. The molecule has 1 rings (SSSR count). The van der Waals surface area contributed by atoms with Crippen LogP contribution in [0.15, 0.2) is 6.33 Å². The molecule has 0 aromatic carbocycles. The van der Waals surface area contributed by atoms with E-state index in [2.05, 4.69) is 28.7 Å². The number of hydrogen-bond acceptors (Lipinski definition) is 5. The quantitative estimate of drug-likeness (QED) is 0.796. The summed E-state index contributed by atoms with van der Waals surface area (Å²) in [5.74, 6) is 1.21. The van der Waals surface area contributed by atoms with Crippen molar-refractivity contribution in [3.05, 3.63) is 6.33 Å². The molecule has 0 bridgehead atoms. The molecule has 0 amide bonds. The first kappa shape index (κ1) is 12.5. The van der Waals surface area contributed by atoms with Crippen LogP contribution in [-0.2, 0) is 0 Å². The van der Waals surface area contributed by atoms with Crippen LogP contribution in [-0.4, -0.2) is 30.2 Å². The minimum absolute atomic E-state index is 0.444. The highest BCUT2D eigenvalue weighted by Gasteiger charge is 2.13. The lowest BCUT2D eigenvalue weighted by Gasteiger charge is -2.23. The number of nitrogens with zero attached hydrogens (tertiary/aromatic N) is 3. The number of rotatable bonds is 6. The SMILES string of the molecule is CCCCN(CC)c1ncnc(OC)c1N. The zero-order valence-electron chi connectivity index (χ0n) is 10.2. The van der Waals surface area contributed by atoms with Gasteiger partial charge < -0.3 is 15.4 Å². The summed E-state index contributed by atoms with van der Waals surface area (Å²) < 4.78 is 5.08. The molecule has 0 fully saturated rings. The predicted molar refractivity (Wildman–Crippen MR) is 65.8 cm³/mol. The Bertz CT molecular complexity index is 330. The van der Waals surface area contributed by atoms with Crippen molar-refractivity contribution in [3.8, 4) is 5.88 Å². The largest absolute Gasteiger partial charge is 0.479 e. The fourth-order valence-electron chi connectivity index (χ4n) is 1.55. The predicted octanol–water partition coefficient (Wildman–Crippen LogP) is 1.69. The maximum atomic E-state index is 5.95. The van der Waals surface area contributed by atoms with E-state index >= 15 is 0 Å². The van der Waals surface area contributed by atoms with Gasteiger partial charge in [-0.1, -0.05) is 13.3 Å². The molecule has 16 heavy (non-hydrogen) atoms. The van der Waals surface area contributed by atoms with Gasteiger partial charge in [0.2, 0.25) is 5.88 Å². The molecule has 0 aliphatic carbocycles. The second-order valence-electron chi connectivity index (χ2n) is 3.55. The van der Waals surface area contributed by atoms with Gasteiger partial charge in [0.15, 0.2) is 5.82 Å². The molecule has 0 unspecified atom stereocenters. The summed E-state index contributed by atoms with van der Waals surface area (Å²) in [6.07, 6.45) is 3.76. The van der Waals surface area contributed by atoms with Crippen LogP contribution in [0.4, 0.5) is 11.5 Å². The van der Waals surface area contributed by atoms with E-state index in [4.69, 9.17) is 10.5 Å². The van der Waals surface area contributed by atoms with Crippen LogP contribution in [0.5, 0.6) is 5.88 Å². The van der Waals surface area contributed by atoms with Gasteiger partial charge in [-0.3, -0.25) is 0 Å². The summed E-state index contributed by atoms with van der Waals surface area (Å²) in [7, 11) is 1.56. The van der Waals surface area contributed by atoms with Gasteiger partial charge in [-0.2, -0.15) is 4.98 Å². The van der Waals surface area contributed by atoms with Crippen LogP contribution in [0.2, 0.25) is 0 Å². The van der Waals surface area contributed by atoms with Crippen molar-refractivity contribution in [1.82, 2.24) is 9.97 Å². The van der Waals surface area contributed by atoms with Crippen LogP contribution in [0.25, 0.3) is 0 Å². The normalized spacial score (nSPS) is 10.2. The molecule has 0 aliphatic heterocycles. The average molecular weight is 224 g/mol. The fraction of sp³-hybridized carbons (Fsp3) is 0.636. The molecule has 1 aromatic rings. The smallest absolute Gasteiger partial charge is 0.242 e. The third-order valence-electron chi connectivity index (χ3n) is 2.48. The number of ether oxygens (including phenoxy) is 1. The molecule has 0 atom stereocenters. The first-order chi connectivity index (χ1) is 7.74. The van der Waals surface area contributed by atoms with Crippen molar-refractivity contribution < 1.29 is 4.74 Å². The van der Waals surface area contributed by atoms with Crippen LogP contribution < -0.4 is 15.4 Å². The van der Waals surface area contributed by atoms with Crippen LogP contribution in [0, 0.1) is 0 Å². The van der Waals surface area contributed by atoms with Gasteiger partial charge in [0.05, 0.1) is 7.11 Å². The van der Waals surface area contributed by atoms with Crippen molar-refractivity contribution >= 4 is 11.5 Å². The van der Waals surface area contributed by atoms with E-state index in [0.29, 0.717) is 11.6 Å². The number of methoxy groups -OCH3 is 1. The molecule has 2 N–H and O–H groups in total. The second-order valence-corrected chi connectivity index (χ2v) is 3.55. The lowest BCUT2D eigenvalue weighted by atomic mass is 10.3. The molecule has 5 nitrogen and oxygen atoms in total. The van der Waals surface area contributed by atoms with E-state index in [-0.39, 0.29) is 0 Å². The van der Waals surface area contributed by atoms with Crippen molar-refractivity contribution in [2.75, 3.05) is 30.8 Å². The lowest BCUT2D eigenvalue weighted by molar-refractivity contribution is 0.399. The molecule has 0 spiro atoms. The Kier molecular flexibility index (Phi) is 4.82. The molecular weight excluding hydrogens is 204 g/mol. The zero-order chi connectivity index (χ0) is 12.0. The van der Waals surface area contributed by atoms with Gasteiger partial charge in [0, 0.05) is 13.1 Å². The van der Waals surface area contributed by atoms with Gasteiger partial charge in [0.1, 0.15) is 12.0 Å². The molecule has 0 saturated carbocycles. The third-order valence-corrected chi connectivity index (χ3v) is 2.48. The van der Waals surface area contributed by atoms with Crippen molar-refractivity contribution in [3.63, 3.8) is 0 Å². The lowest BCUT2D eigenvalue weighted by Crippen LogP contribution is -2.26. The summed E-state index contributed by atoms with van der Waals surface area (Å²) >= 11 is 0. The average Bonchev–Trinajstić information content (AvgIpc) is 2.32. The topological polar surface area (TPSA) is 64.3 Å². The molecule has 1 aromatic heterocycles. The zero-order valence-corrected chi connectivity index (χ0v) is 10.2. The van der Waals surface area contributed by atoms with Gasteiger partial charge in [-0.15, -0.1) is 0 Å². The highest BCUT2D eigenvalue weighted by Crippen LogP contribution is 2.27. The molecule has 5 heteroatoms. The van der Waals surface area contributed by atoms with Crippen molar-refractivity contribution in [2.45, 2.75) is 26.7 Å². The summed E-state index contributed by atoms with van der Waals surface area (Å²) in [5.41, 5.74) is 6.47. The van der Waals surface area contributed by atoms with E-state index in [1.807, 2.05) is 0 Å². The van der Waals surface area contributed by atoms with Gasteiger partial charge >= 0.3 is 0 Å². The second kappa shape index (κ2) is 6.15. The minimum atomic E-state index is 0.444. The Hall–Kier alpha value is -1.52. The first-order valence-electron chi connectivity index (χ1n) is 5.63. The van der Waals surface area contributed by atoms with E-state index in [9.17, 15) is 0 Å². The summed E-state index contributed by atoms with van der Waals surface area (Å²) in [6.45, 7) is 6.09. The van der Waals surface area contributed by atoms with Gasteiger partial charge in [-0.25, -0.2) is 4.98 Å². The summed E-state index contributed by atoms with van der Waals surface area (Å²) in [5, 5.41) is 0. The van der Waals surface area contributed by atoms with E-state index in [1.54, 1.807) is 7.11 Å². The standard InChI is InChI=1S/C11H20N4O/c1-4-6-7-15(5-2)10-9(12)11(16-3)14-8-13-10/h8H,4-7,12H2,1-3H3. The first-order valence-corrected chi connectivity index (χ1v) is 5.63. The Morgan fingerprint density at radius 1 is 1.38 bits per heavy atom. The van der Waals surface area contributed by atoms with E-state index < -0.39 is 0 Å². The fourth-order valence-corrected chi connectivity index (χ4v) is 1.55. The molecule has 90 valence electrons. The molecule has 0 radical (unpaired) electrons. The number of unbranched alkanes of at least 4 members (excludes halogenated alkanes) is 1. The summed E-state index contributed by atoms with van der Waals surface area (Å²) in [4.78, 5) is 10.3. The highest BCUT2D eigenvalue weighted by atomic mass is 16.5. The minimum Gasteiger partial charge on any atom is -0.479 e. The highest BCUT2D eigenvalue weighted by molar-refractivity contribution is 5.67. The maximum Gasteiger partial charge on any atom is 0.242 e. The van der Waals surface area contributed by atoms with Crippen LogP contribution in [0.1, 0.15) is 26.7 Å². The van der Waals surface area contributed by atoms with Crippen LogP contribution >= 0.6 is 0 Å². The monoisotopic (exact) mass is 224 g/mol. The van der Waals surface area contributed by atoms with Crippen LogP contribution in [0.3, 0.4) is 0 Å². The Labute approximate surface area is 96.6 Å². The van der Waals surface area contributed by atoms with Gasteiger partial charge in [0.25, 0.3) is 0 Å². The van der Waals surface area contributed by atoms with E-state index in [0.717, 1.165) is 31.7 Å². The number of nitrogen functional groups attached to an aromatic ring is 1. The third kappa shape index (κ3) is 2.74. The Balaban J connectivity index is 2.91. The number of aromatic nitrogens is 2. The van der Waals surface area contributed by atoms with Crippen molar-refractivity contribution in [2.24, 2.45) is 0 Å². The van der Waals surface area contributed by atoms with E-state index in [1.165, 1.54) is 6.33 Å². The van der Waals surface area contributed by atoms with Gasteiger partial charge in [-0.05, 0) is 13.3 Å². The number of nitrogens with two attached hydrogens (primary N) is 1. The maximum absolute atomic E-state index is 5.95. The molecule has 0 saturated heterocycles. The number of anilines is 2. The number of hydrogen-bond donors (Lipinski definition) is 1. The van der Waals surface area contributed by atoms with Crippen molar-refractivity contribution in [1.29, 1.82) is 0 Å². The molecular formula is C11H20N4O. The Morgan fingerprint density at radius 2 is 2.12 bits per heavy atom. The Morgan fingerprint density at radius 3 is 2.69 bits per heavy atom. The molecule has 1 heterocycles.